The first kappa shape index (κ1) is 21.1. The monoisotopic (exact) mass is 442 g/mol. The maximum atomic E-state index is 13.0. The normalized spacial score (nSPS) is 19.1. The standard InChI is InChI=1S/C22H23ClN4O4/c1-15-2-3-19(13-20(15)23)26-14-16(12-21(26)28)22(29)25-10-8-24(9-11-25)17-4-6-18(7-5-17)27(30)31/h2-7,13,16H,8-12,14H2,1H3. The SMILES string of the molecule is Cc1ccc(N2CC(C(=O)N3CCN(c4ccc([N+](=O)[O-])cc4)CC3)CC2=O)cc1Cl. The Morgan fingerprint density at radius 3 is 2.32 bits per heavy atom. The van der Waals surface area contributed by atoms with Gasteiger partial charge in [-0.3, -0.25) is 19.7 Å². The zero-order valence-electron chi connectivity index (χ0n) is 17.2. The van der Waals surface area contributed by atoms with Crippen molar-refractivity contribution in [1.82, 2.24) is 4.90 Å². The summed E-state index contributed by atoms with van der Waals surface area (Å²) in [7, 11) is 0. The van der Waals surface area contributed by atoms with Gasteiger partial charge in [0.05, 0.1) is 10.8 Å². The molecule has 4 rings (SSSR count). The van der Waals surface area contributed by atoms with E-state index in [9.17, 15) is 19.7 Å². The number of nitro benzene ring substituents is 1. The predicted molar refractivity (Wildman–Crippen MR) is 119 cm³/mol. The quantitative estimate of drug-likeness (QED) is 0.535. The highest BCUT2D eigenvalue weighted by Gasteiger charge is 2.38. The number of halogens is 1. The molecule has 1 unspecified atom stereocenters. The van der Waals surface area contributed by atoms with Crippen molar-refractivity contribution in [2.24, 2.45) is 5.92 Å². The van der Waals surface area contributed by atoms with Crippen LogP contribution in [0.2, 0.25) is 5.02 Å². The molecule has 2 aromatic carbocycles. The number of hydrogen-bond donors (Lipinski definition) is 0. The van der Waals surface area contributed by atoms with Gasteiger partial charge in [-0.2, -0.15) is 0 Å². The van der Waals surface area contributed by atoms with Crippen molar-refractivity contribution in [3.8, 4) is 0 Å². The van der Waals surface area contributed by atoms with Crippen LogP contribution >= 0.6 is 11.6 Å². The lowest BCUT2D eigenvalue weighted by Gasteiger charge is -2.37. The van der Waals surface area contributed by atoms with Crippen LogP contribution in [-0.2, 0) is 9.59 Å². The summed E-state index contributed by atoms with van der Waals surface area (Å²) in [6.45, 7) is 4.65. The number of amides is 2. The fourth-order valence-corrected chi connectivity index (χ4v) is 4.28. The van der Waals surface area contributed by atoms with Gasteiger partial charge in [0.25, 0.3) is 5.69 Å². The lowest BCUT2D eigenvalue weighted by molar-refractivity contribution is -0.384. The number of benzene rings is 2. The molecule has 0 aromatic heterocycles. The first-order valence-electron chi connectivity index (χ1n) is 10.2. The molecule has 0 spiro atoms. The third-order valence-electron chi connectivity index (χ3n) is 5.96. The number of nitro groups is 1. The Balaban J connectivity index is 1.36. The summed E-state index contributed by atoms with van der Waals surface area (Å²) in [4.78, 5) is 41.5. The fraction of sp³-hybridized carbons (Fsp3) is 0.364. The number of carbonyl (C=O) groups excluding carboxylic acids is 2. The van der Waals surface area contributed by atoms with Crippen LogP contribution in [0.3, 0.4) is 0 Å². The van der Waals surface area contributed by atoms with Gasteiger partial charge in [-0.25, -0.2) is 0 Å². The third-order valence-corrected chi connectivity index (χ3v) is 6.37. The van der Waals surface area contributed by atoms with Gasteiger partial charge in [0.15, 0.2) is 0 Å². The Morgan fingerprint density at radius 2 is 1.71 bits per heavy atom. The van der Waals surface area contributed by atoms with Gasteiger partial charge in [0.2, 0.25) is 11.8 Å². The molecule has 0 N–H and O–H groups in total. The molecule has 0 aliphatic carbocycles. The lowest BCUT2D eigenvalue weighted by Crippen LogP contribution is -2.50. The van der Waals surface area contributed by atoms with E-state index in [1.807, 2.05) is 24.0 Å². The van der Waals surface area contributed by atoms with Gasteiger partial charge >= 0.3 is 0 Å². The first-order valence-corrected chi connectivity index (χ1v) is 10.6. The van der Waals surface area contributed by atoms with Crippen molar-refractivity contribution >= 4 is 40.5 Å². The molecule has 2 fully saturated rings. The predicted octanol–water partition coefficient (Wildman–Crippen LogP) is 3.26. The summed E-state index contributed by atoms with van der Waals surface area (Å²) < 4.78 is 0. The molecule has 8 nitrogen and oxygen atoms in total. The number of nitrogens with zero attached hydrogens (tertiary/aromatic N) is 4. The van der Waals surface area contributed by atoms with E-state index in [-0.39, 0.29) is 29.8 Å². The van der Waals surface area contributed by atoms with Crippen molar-refractivity contribution in [1.29, 1.82) is 0 Å². The second kappa shape index (κ2) is 8.55. The second-order valence-electron chi connectivity index (χ2n) is 7.92. The Bertz CT molecular complexity index is 1020. The average Bonchev–Trinajstić information content (AvgIpc) is 3.17. The van der Waals surface area contributed by atoms with Crippen molar-refractivity contribution in [3.63, 3.8) is 0 Å². The Hall–Kier alpha value is -3.13. The zero-order valence-corrected chi connectivity index (χ0v) is 17.9. The molecule has 31 heavy (non-hydrogen) atoms. The molecule has 9 heteroatoms. The maximum absolute atomic E-state index is 13.0. The lowest BCUT2D eigenvalue weighted by atomic mass is 10.1. The van der Waals surface area contributed by atoms with Crippen LogP contribution in [0.25, 0.3) is 0 Å². The minimum Gasteiger partial charge on any atom is -0.368 e. The van der Waals surface area contributed by atoms with Gasteiger partial charge in [0.1, 0.15) is 0 Å². The molecule has 162 valence electrons. The van der Waals surface area contributed by atoms with Crippen LogP contribution in [0.4, 0.5) is 17.1 Å². The van der Waals surface area contributed by atoms with Crippen LogP contribution in [0.15, 0.2) is 42.5 Å². The number of carbonyl (C=O) groups is 2. The van der Waals surface area contributed by atoms with E-state index in [0.717, 1.165) is 16.9 Å². The minimum atomic E-state index is -0.420. The molecule has 2 aliphatic rings. The van der Waals surface area contributed by atoms with E-state index in [0.29, 0.717) is 37.7 Å². The van der Waals surface area contributed by atoms with E-state index in [1.54, 1.807) is 23.1 Å². The number of aryl methyl sites for hydroxylation is 1. The molecule has 2 aliphatic heterocycles. The molecule has 0 radical (unpaired) electrons. The van der Waals surface area contributed by atoms with Crippen molar-refractivity contribution < 1.29 is 14.5 Å². The summed E-state index contributed by atoms with van der Waals surface area (Å²) in [5, 5.41) is 11.4. The van der Waals surface area contributed by atoms with Crippen LogP contribution in [0, 0.1) is 23.0 Å². The smallest absolute Gasteiger partial charge is 0.269 e. The number of hydrogen-bond acceptors (Lipinski definition) is 5. The number of piperazine rings is 1. The summed E-state index contributed by atoms with van der Waals surface area (Å²) in [6.07, 6.45) is 0.201. The average molecular weight is 443 g/mol. The van der Waals surface area contributed by atoms with E-state index >= 15 is 0 Å². The van der Waals surface area contributed by atoms with E-state index < -0.39 is 4.92 Å². The number of anilines is 2. The molecule has 0 bridgehead atoms. The third kappa shape index (κ3) is 4.34. The molecular formula is C22H23ClN4O4. The number of non-ortho nitro benzene ring substituents is 1. The van der Waals surface area contributed by atoms with E-state index in [1.165, 1.54) is 12.1 Å². The van der Waals surface area contributed by atoms with Crippen LogP contribution in [0.5, 0.6) is 0 Å². The fourth-order valence-electron chi connectivity index (χ4n) is 4.10. The van der Waals surface area contributed by atoms with Crippen molar-refractivity contribution in [2.45, 2.75) is 13.3 Å². The largest absolute Gasteiger partial charge is 0.368 e. The minimum absolute atomic E-state index is 0.00240. The van der Waals surface area contributed by atoms with Gasteiger partial charge in [-0.05, 0) is 36.8 Å². The molecule has 2 heterocycles. The first-order chi connectivity index (χ1) is 14.8. The van der Waals surface area contributed by atoms with Gasteiger partial charge in [0, 0.05) is 67.7 Å². The zero-order chi connectivity index (χ0) is 22.1. The van der Waals surface area contributed by atoms with E-state index in [4.69, 9.17) is 11.6 Å². The summed E-state index contributed by atoms with van der Waals surface area (Å²) in [5.41, 5.74) is 2.62. The Labute approximate surface area is 185 Å². The highest BCUT2D eigenvalue weighted by Crippen LogP contribution is 2.30. The highest BCUT2D eigenvalue weighted by molar-refractivity contribution is 6.31. The van der Waals surface area contributed by atoms with Crippen LogP contribution in [0.1, 0.15) is 12.0 Å². The molecule has 2 amide bonds. The topological polar surface area (TPSA) is 87.0 Å². The summed E-state index contributed by atoms with van der Waals surface area (Å²) in [6, 6.07) is 11.9. The Kier molecular flexibility index (Phi) is 5.82. The Morgan fingerprint density at radius 1 is 1.06 bits per heavy atom. The molecule has 2 saturated heterocycles. The van der Waals surface area contributed by atoms with Crippen LogP contribution in [-0.4, -0.2) is 54.4 Å². The maximum Gasteiger partial charge on any atom is 0.269 e. The molecule has 2 aromatic rings. The van der Waals surface area contributed by atoms with Crippen molar-refractivity contribution in [3.05, 3.63) is 63.2 Å². The summed E-state index contributed by atoms with van der Waals surface area (Å²) in [5.74, 6) is -0.432. The van der Waals surface area contributed by atoms with Gasteiger partial charge in [-0.15, -0.1) is 0 Å². The second-order valence-corrected chi connectivity index (χ2v) is 8.33. The number of rotatable bonds is 4. The van der Waals surface area contributed by atoms with Gasteiger partial charge in [-0.1, -0.05) is 17.7 Å². The summed E-state index contributed by atoms with van der Waals surface area (Å²) >= 11 is 6.20. The van der Waals surface area contributed by atoms with E-state index in [2.05, 4.69) is 4.90 Å². The molecular weight excluding hydrogens is 420 g/mol. The molecule has 1 atom stereocenters. The van der Waals surface area contributed by atoms with Crippen LogP contribution < -0.4 is 9.80 Å². The van der Waals surface area contributed by atoms with Crippen molar-refractivity contribution in [2.75, 3.05) is 42.5 Å². The molecule has 0 saturated carbocycles. The van der Waals surface area contributed by atoms with Gasteiger partial charge < -0.3 is 14.7 Å². The highest BCUT2D eigenvalue weighted by atomic mass is 35.5.